The minimum Gasteiger partial charge on any atom is -0.384 e. The molecule has 0 radical (unpaired) electrons. The van der Waals surface area contributed by atoms with Crippen LogP contribution in [0.25, 0.3) is 5.69 Å². The van der Waals surface area contributed by atoms with Crippen LogP contribution in [0.15, 0.2) is 64.2 Å². The molecule has 0 saturated carbocycles. The molecule has 2 aromatic carbocycles. The molecule has 1 aromatic heterocycles. The second-order valence-electron chi connectivity index (χ2n) is 6.16. The summed E-state index contributed by atoms with van der Waals surface area (Å²) in [5.41, 5.74) is 1.80. The number of nitriles is 1. The summed E-state index contributed by atoms with van der Waals surface area (Å²) in [6.07, 6.45) is 3.56. The lowest BCUT2D eigenvalue weighted by Gasteiger charge is -2.16. The number of nitrogens with two attached hydrogens (primary N) is 1. The number of hydrogen-bond donors (Lipinski definition) is 2. The molecule has 29 heavy (non-hydrogen) atoms. The number of hydrogen-bond acceptors (Lipinski definition) is 6. The molecule has 0 aliphatic rings. The Morgan fingerprint density at radius 2 is 2.07 bits per heavy atom. The lowest BCUT2D eigenvalue weighted by molar-refractivity contribution is -0.108. The third-order valence-corrected chi connectivity index (χ3v) is 5.88. The summed E-state index contributed by atoms with van der Waals surface area (Å²) in [6, 6.07) is 13.9. The van der Waals surface area contributed by atoms with Crippen LogP contribution in [0.1, 0.15) is 17.0 Å². The van der Waals surface area contributed by atoms with Crippen molar-refractivity contribution in [3.05, 3.63) is 70.5 Å². The normalized spacial score (nSPS) is 12.2. The van der Waals surface area contributed by atoms with Crippen LogP contribution in [0, 0.1) is 11.3 Å². The number of nitrogens with zero attached hydrogens (tertiary/aromatic N) is 3. The Balaban J connectivity index is 1.90. The van der Waals surface area contributed by atoms with E-state index in [4.69, 9.17) is 10.4 Å². The van der Waals surface area contributed by atoms with E-state index in [2.05, 4.69) is 26.3 Å². The van der Waals surface area contributed by atoms with E-state index in [1.165, 1.54) is 29.2 Å². The Hall–Kier alpha value is -3.00. The third kappa shape index (κ3) is 4.71. The van der Waals surface area contributed by atoms with E-state index in [0.717, 1.165) is 16.3 Å². The predicted molar refractivity (Wildman–Crippen MR) is 111 cm³/mol. The number of rotatable bonds is 7. The fourth-order valence-corrected chi connectivity index (χ4v) is 4.11. The number of sulfonamides is 1. The first-order valence-electron chi connectivity index (χ1n) is 8.39. The summed E-state index contributed by atoms with van der Waals surface area (Å²) in [6.45, 7) is 0.260. The Morgan fingerprint density at radius 1 is 1.31 bits per heavy atom. The zero-order valence-electron chi connectivity index (χ0n) is 15.0. The Labute approximate surface area is 176 Å². The molecule has 1 atom stereocenters. The SMILES string of the molecule is N#Cc1cnn(-c2ccc(NCC(C=O)c3ccccc3Br)cc2S(N)(=O)=O)c1. The maximum absolute atomic E-state index is 12.1. The average Bonchev–Trinajstić information content (AvgIpc) is 3.18. The molecule has 0 aliphatic carbocycles. The van der Waals surface area contributed by atoms with Gasteiger partial charge in [-0.2, -0.15) is 10.4 Å². The molecular weight excluding hydrogens is 458 g/mol. The molecule has 3 rings (SSSR count). The van der Waals surface area contributed by atoms with Crippen LogP contribution in [0.3, 0.4) is 0 Å². The predicted octanol–water partition coefficient (Wildman–Crippen LogP) is 2.55. The molecule has 0 aliphatic heterocycles. The summed E-state index contributed by atoms with van der Waals surface area (Å²) in [7, 11) is -4.07. The Kier molecular flexibility index (Phi) is 6.12. The van der Waals surface area contributed by atoms with E-state index in [-0.39, 0.29) is 22.7 Å². The molecule has 0 amide bonds. The van der Waals surface area contributed by atoms with E-state index >= 15 is 0 Å². The number of halogens is 1. The maximum Gasteiger partial charge on any atom is 0.240 e. The van der Waals surface area contributed by atoms with Gasteiger partial charge in [0, 0.05) is 22.9 Å². The lowest BCUT2D eigenvalue weighted by Crippen LogP contribution is -2.18. The minimum absolute atomic E-state index is 0.154. The van der Waals surface area contributed by atoms with E-state index in [9.17, 15) is 13.2 Å². The first-order chi connectivity index (χ1) is 13.8. The van der Waals surface area contributed by atoms with Crippen molar-refractivity contribution in [1.29, 1.82) is 5.26 Å². The summed E-state index contributed by atoms with van der Waals surface area (Å²) in [5, 5.41) is 21.4. The van der Waals surface area contributed by atoms with Gasteiger partial charge in [-0.15, -0.1) is 0 Å². The monoisotopic (exact) mass is 473 g/mol. The van der Waals surface area contributed by atoms with Crippen molar-refractivity contribution in [3.8, 4) is 11.8 Å². The fraction of sp³-hybridized carbons (Fsp3) is 0.105. The second-order valence-corrected chi connectivity index (χ2v) is 8.54. The van der Waals surface area contributed by atoms with Gasteiger partial charge in [-0.05, 0) is 29.8 Å². The molecule has 0 bridgehead atoms. The third-order valence-electron chi connectivity index (χ3n) is 4.22. The number of primary sulfonamides is 1. The lowest BCUT2D eigenvalue weighted by atomic mass is 10.0. The Bertz CT molecular complexity index is 1200. The molecule has 3 aromatic rings. The van der Waals surface area contributed by atoms with Crippen molar-refractivity contribution in [2.24, 2.45) is 5.14 Å². The number of carbonyl (C=O) groups is 1. The molecule has 8 nitrogen and oxygen atoms in total. The zero-order chi connectivity index (χ0) is 21.0. The van der Waals surface area contributed by atoms with Gasteiger partial charge in [0.25, 0.3) is 0 Å². The van der Waals surface area contributed by atoms with Crippen molar-refractivity contribution in [3.63, 3.8) is 0 Å². The highest BCUT2D eigenvalue weighted by molar-refractivity contribution is 9.10. The standard InChI is InChI=1S/C19H16BrN5O3S/c20-17-4-2-1-3-16(17)14(12-26)10-23-15-5-6-18(19(7-15)29(22,27)28)25-11-13(8-21)9-24-25/h1-7,9,11-12,14,23H,10H2,(H2,22,27,28). The van der Waals surface area contributed by atoms with Crippen molar-refractivity contribution < 1.29 is 13.2 Å². The van der Waals surface area contributed by atoms with E-state index < -0.39 is 15.9 Å². The number of benzene rings is 2. The molecule has 1 heterocycles. The van der Waals surface area contributed by atoms with Crippen molar-refractivity contribution in [2.75, 3.05) is 11.9 Å². The number of carbonyl (C=O) groups excluding carboxylic acids is 1. The molecular formula is C19H16BrN5O3S. The van der Waals surface area contributed by atoms with Gasteiger partial charge in [-0.1, -0.05) is 34.1 Å². The molecule has 10 heteroatoms. The summed E-state index contributed by atoms with van der Waals surface area (Å²) in [4.78, 5) is 11.4. The number of anilines is 1. The van der Waals surface area contributed by atoms with Gasteiger partial charge >= 0.3 is 0 Å². The molecule has 0 saturated heterocycles. The highest BCUT2D eigenvalue weighted by atomic mass is 79.9. The largest absolute Gasteiger partial charge is 0.384 e. The van der Waals surface area contributed by atoms with E-state index in [1.807, 2.05) is 30.3 Å². The van der Waals surface area contributed by atoms with Gasteiger partial charge in [0.15, 0.2) is 0 Å². The fourth-order valence-electron chi connectivity index (χ4n) is 2.79. The average molecular weight is 474 g/mol. The first-order valence-corrected chi connectivity index (χ1v) is 10.7. The van der Waals surface area contributed by atoms with Crippen LogP contribution < -0.4 is 10.5 Å². The van der Waals surface area contributed by atoms with E-state index in [0.29, 0.717) is 5.69 Å². The zero-order valence-corrected chi connectivity index (χ0v) is 17.4. The highest BCUT2D eigenvalue weighted by Gasteiger charge is 2.18. The topological polar surface area (TPSA) is 131 Å². The second kappa shape index (κ2) is 8.57. The van der Waals surface area contributed by atoms with Crippen molar-refractivity contribution in [1.82, 2.24) is 9.78 Å². The minimum atomic E-state index is -4.07. The molecule has 148 valence electrons. The van der Waals surface area contributed by atoms with Crippen LogP contribution in [0.2, 0.25) is 0 Å². The van der Waals surface area contributed by atoms with Gasteiger partial charge in [-0.25, -0.2) is 18.2 Å². The van der Waals surface area contributed by atoms with Gasteiger partial charge in [0.2, 0.25) is 10.0 Å². The van der Waals surface area contributed by atoms with Crippen LogP contribution in [0.5, 0.6) is 0 Å². The van der Waals surface area contributed by atoms with Crippen LogP contribution in [-0.4, -0.2) is 31.0 Å². The maximum atomic E-state index is 12.1. The van der Waals surface area contributed by atoms with Gasteiger partial charge < -0.3 is 10.1 Å². The molecule has 0 fully saturated rings. The number of aldehydes is 1. The van der Waals surface area contributed by atoms with Crippen LogP contribution in [-0.2, 0) is 14.8 Å². The first kappa shape index (κ1) is 20.7. The Morgan fingerprint density at radius 3 is 2.69 bits per heavy atom. The number of aromatic nitrogens is 2. The molecule has 1 unspecified atom stereocenters. The van der Waals surface area contributed by atoms with Crippen molar-refractivity contribution in [2.45, 2.75) is 10.8 Å². The van der Waals surface area contributed by atoms with Crippen molar-refractivity contribution >= 4 is 37.9 Å². The van der Waals surface area contributed by atoms with Gasteiger partial charge in [-0.3, -0.25) is 0 Å². The van der Waals surface area contributed by atoms with Crippen LogP contribution >= 0.6 is 15.9 Å². The smallest absolute Gasteiger partial charge is 0.240 e. The molecule has 3 N–H and O–H groups in total. The highest BCUT2D eigenvalue weighted by Crippen LogP contribution is 2.26. The quantitative estimate of drug-likeness (QED) is 0.506. The van der Waals surface area contributed by atoms with E-state index in [1.54, 1.807) is 6.07 Å². The summed E-state index contributed by atoms with van der Waals surface area (Å²) < 4.78 is 26.3. The van der Waals surface area contributed by atoms with Crippen LogP contribution in [0.4, 0.5) is 5.69 Å². The molecule has 0 spiro atoms. The number of nitrogens with one attached hydrogen (secondary N) is 1. The van der Waals surface area contributed by atoms with Gasteiger partial charge in [0.1, 0.15) is 17.3 Å². The summed E-state index contributed by atoms with van der Waals surface area (Å²) >= 11 is 3.43. The summed E-state index contributed by atoms with van der Waals surface area (Å²) in [5.74, 6) is -0.438. The van der Waals surface area contributed by atoms with Gasteiger partial charge in [0.05, 0.1) is 23.4 Å².